The van der Waals surface area contributed by atoms with E-state index >= 15 is 0 Å². The van der Waals surface area contributed by atoms with Crippen LogP contribution in [0.2, 0.25) is 0 Å². The minimum Gasteiger partial charge on any atom is -0.497 e. The molecule has 140 valence electrons. The lowest BCUT2D eigenvalue weighted by atomic mass is 10.2. The fourth-order valence-corrected chi connectivity index (χ4v) is 2.45. The first-order valence-electron chi connectivity index (χ1n) is 8.18. The predicted molar refractivity (Wildman–Crippen MR) is 103 cm³/mol. The van der Waals surface area contributed by atoms with Gasteiger partial charge in [0.1, 0.15) is 29.3 Å². The molecule has 0 unspecified atom stereocenters. The SMILES string of the molecule is COc1ccc(Nc2ncnc(NCc3ccc(F)cc3)c2N)c(OC)c1. The number of ether oxygens (including phenoxy) is 2. The highest BCUT2D eigenvalue weighted by atomic mass is 19.1. The van der Waals surface area contributed by atoms with Gasteiger partial charge >= 0.3 is 0 Å². The quantitative estimate of drug-likeness (QED) is 0.586. The van der Waals surface area contributed by atoms with E-state index in [1.165, 1.54) is 18.5 Å². The molecule has 1 heterocycles. The van der Waals surface area contributed by atoms with Gasteiger partial charge in [-0.25, -0.2) is 14.4 Å². The molecule has 8 heteroatoms. The average Bonchev–Trinajstić information content (AvgIpc) is 2.70. The van der Waals surface area contributed by atoms with Crippen LogP contribution in [0.4, 0.5) is 27.4 Å². The summed E-state index contributed by atoms with van der Waals surface area (Å²) >= 11 is 0. The lowest BCUT2D eigenvalue weighted by Gasteiger charge is -2.15. The van der Waals surface area contributed by atoms with Crippen molar-refractivity contribution in [3.8, 4) is 11.5 Å². The molecule has 0 bridgehead atoms. The van der Waals surface area contributed by atoms with Gasteiger partial charge in [0, 0.05) is 12.6 Å². The number of halogens is 1. The second kappa shape index (κ2) is 8.22. The number of benzene rings is 2. The van der Waals surface area contributed by atoms with Crippen LogP contribution in [0, 0.1) is 5.82 Å². The lowest BCUT2D eigenvalue weighted by molar-refractivity contribution is 0.395. The van der Waals surface area contributed by atoms with Crippen molar-refractivity contribution in [3.63, 3.8) is 0 Å². The Morgan fingerprint density at radius 3 is 2.44 bits per heavy atom. The van der Waals surface area contributed by atoms with E-state index in [0.29, 0.717) is 41.1 Å². The maximum absolute atomic E-state index is 13.0. The molecule has 0 amide bonds. The smallest absolute Gasteiger partial charge is 0.159 e. The molecular weight excluding hydrogens is 349 g/mol. The number of aromatic nitrogens is 2. The summed E-state index contributed by atoms with van der Waals surface area (Å²) in [4.78, 5) is 8.37. The normalized spacial score (nSPS) is 10.3. The van der Waals surface area contributed by atoms with Gasteiger partial charge in [-0.1, -0.05) is 12.1 Å². The van der Waals surface area contributed by atoms with Crippen LogP contribution >= 0.6 is 0 Å². The van der Waals surface area contributed by atoms with Gasteiger partial charge in [-0.15, -0.1) is 0 Å². The molecule has 0 atom stereocenters. The molecule has 7 nitrogen and oxygen atoms in total. The first kappa shape index (κ1) is 18.2. The molecule has 27 heavy (non-hydrogen) atoms. The zero-order chi connectivity index (χ0) is 19.2. The minimum atomic E-state index is -0.278. The molecule has 0 aliphatic rings. The van der Waals surface area contributed by atoms with Gasteiger partial charge in [0.05, 0.1) is 19.9 Å². The molecular formula is C19H20FN5O2. The second-order valence-electron chi connectivity index (χ2n) is 5.66. The first-order valence-corrected chi connectivity index (χ1v) is 8.18. The summed E-state index contributed by atoms with van der Waals surface area (Å²) in [6, 6.07) is 11.6. The van der Waals surface area contributed by atoms with E-state index < -0.39 is 0 Å². The van der Waals surface area contributed by atoms with Crippen molar-refractivity contribution in [1.29, 1.82) is 0 Å². The summed E-state index contributed by atoms with van der Waals surface area (Å²) in [6.45, 7) is 0.451. The van der Waals surface area contributed by atoms with Crippen molar-refractivity contribution >= 4 is 23.0 Å². The Bertz CT molecular complexity index is 918. The van der Waals surface area contributed by atoms with Gasteiger partial charge in [-0.3, -0.25) is 0 Å². The molecule has 2 aromatic carbocycles. The third-order valence-corrected chi connectivity index (χ3v) is 3.92. The van der Waals surface area contributed by atoms with E-state index in [4.69, 9.17) is 15.2 Å². The zero-order valence-electron chi connectivity index (χ0n) is 15.0. The van der Waals surface area contributed by atoms with Gasteiger partial charge in [-0.2, -0.15) is 0 Å². The Kier molecular flexibility index (Phi) is 5.55. The topological polar surface area (TPSA) is 94.3 Å². The van der Waals surface area contributed by atoms with E-state index in [2.05, 4.69) is 20.6 Å². The Morgan fingerprint density at radius 1 is 1.00 bits per heavy atom. The Balaban J connectivity index is 1.77. The molecule has 3 aromatic rings. The van der Waals surface area contributed by atoms with Crippen LogP contribution < -0.4 is 25.8 Å². The van der Waals surface area contributed by atoms with Gasteiger partial charge in [0.15, 0.2) is 11.6 Å². The molecule has 0 saturated heterocycles. The van der Waals surface area contributed by atoms with Crippen molar-refractivity contribution in [1.82, 2.24) is 9.97 Å². The number of nitrogens with one attached hydrogen (secondary N) is 2. The van der Waals surface area contributed by atoms with Crippen LogP contribution in [0.3, 0.4) is 0 Å². The minimum absolute atomic E-state index is 0.278. The Labute approximate surface area is 156 Å². The molecule has 0 radical (unpaired) electrons. The van der Waals surface area contributed by atoms with Crippen LogP contribution in [0.25, 0.3) is 0 Å². The van der Waals surface area contributed by atoms with Crippen LogP contribution in [0.15, 0.2) is 48.8 Å². The summed E-state index contributed by atoms with van der Waals surface area (Å²) in [5.74, 6) is 1.91. The second-order valence-corrected chi connectivity index (χ2v) is 5.66. The van der Waals surface area contributed by atoms with Crippen LogP contribution in [0.5, 0.6) is 11.5 Å². The van der Waals surface area contributed by atoms with E-state index in [0.717, 1.165) is 5.56 Å². The molecule has 0 saturated carbocycles. The number of hydrogen-bond acceptors (Lipinski definition) is 7. The van der Waals surface area contributed by atoms with Crippen molar-refractivity contribution in [2.24, 2.45) is 0 Å². The lowest BCUT2D eigenvalue weighted by Crippen LogP contribution is -2.08. The first-order chi connectivity index (χ1) is 13.1. The van der Waals surface area contributed by atoms with Gasteiger partial charge in [0.2, 0.25) is 0 Å². The zero-order valence-corrected chi connectivity index (χ0v) is 15.0. The Hall–Kier alpha value is -3.55. The van der Waals surface area contributed by atoms with Crippen LogP contribution in [-0.4, -0.2) is 24.2 Å². The number of nitrogens with two attached hydrogens (primary N) is 1. The predicted octanol–water partition coefficient (Wildman–Crippen LogP) is 3.57. The summed E-state index contributed by atoms with van der Waals surface area (Å²) in [5, 5.41) is 6.27. The standard InChI is InChI=1S/C19H20FN5O2/c1-26-14-7-8-15(16(9-14)27-2)25-19-17(21)18(23-11-24-19)22-10-12-3-5-13(20)6-4-12/h3-9,11H,10,21H2,1-2H3,(H2,22,23,24,25). The number of rotatable bonds is 7. The summed E-state index contributed by atoms with van der Waals surface area (Å²) < 4.78 is 23.6. The van der Waals surface area contributed by atoms with Gasteiger partial charge < -0.3 is 25.8 Å². The molecule has 0 aliphatic heterocycles. The largest absolute Gasteiger partial charge is 0.497 e. The van der Waals surface area contributed by atoms with Gasteiger partial charge in [0.25, 0.3) is 0 Å². The summed E-state index contributed by atoms with van der Waals surface area (Å²) in [7, 11) is 3.16. The third kappa shape index (κ3) is 4.35. The maximum atomic E-state index is 13.0. The van der Waals surface area contributed by atoms with E-state index in [9.17, 15) is 4.39 Å². The average molecular weight is 369 g/mol. The van der Waals surface area contributed by atoms with Crippen LogP contribution in [0.1, 0.15) is 5.56 Å². The number of nitrogen functional groups attached to an aromatic ring is 1. The van der Waals surface area contributed by atoms with Crippen molar-refractivity contribution in [2.75, 3.05) is 30.6 Å². The molecule has 4 N–H and O–H groups in total. The molecule has 1 aromatic heterocycles. The fourth-order valence-electron chi connectivity index (χ4n) is 2.45. The fraction of sp³-hybridized carbons (Fsp3) is 0.158. The molecule has 0 aliphatic carbocycles. The monoisotopic (exact) mass is 369 g/mol. The van der Waals surface area contributed by atoms with E-state index in [1.54, 1.807) is 38.5 Å². The molecule has 0 spiro atoms. The summed E-state index contributed by atoms with van der Waals surface area (Å²) in [5.41, 5.74) is 8.14. The van der Waals surface area contributed by atoms with Crippen molar-refractivity contribution in [3.05, 3.63) is 60.2 Å². The molecule has 0 fully saturated rings. The Morgan fingerprint density at radius 2 is 1.74 bits per heavy atom. The molecule has 3 rings (SSSR count). The number of methoxy groups -OCH3 is 2. The maximum Gasteiger partial charge on any atom is 0.159 e. The number of anilines is 4. The van der Waals surface area contributed by atoms with Crippen LogP contribution in [-0.2, 0) is 6.54 Å². The summed E-state index contributed by atoms with van der Waals surface area (Å²) in [6.07, 6.45) is 1.40. The number of nitrogens with zero attached hydrogens (tertiary/aromatic N) is 2. The highest BCUT2D eigenvalue weighted by Gasteiger charge is 2.11. The van der Waals surface area contributed by atoms with Crippen molar-refractivity contribution in [2.45, 2.75) is 6.54 Å². The third-order valence-electron chi connectivity index (χ3n) is 3.92. The van der Waals surface area contributed by atoms with Gasteiger partial charge in [-0.05, 0) is 29.8 Å². The van der Waals surface area contributed by atoms with E-state index in [1.807, 2.05) is 6.07 Å². The highest BCUT2D eigenvalue weighted by molar-refractivity contribution is 5.79. The van der Waals surface area contributed by atoms with E-state index in [-0.39, 0.29) is 5.82 Å². The highest BCUT2D eigenvalue weighted by Crippen LogP contribution is 2.33. The van der Waals surface area contributed by atoms with Crippen molar-refractivity contribution < 1.29 is 13.9 Å². The number of hydrogen-bond donors (Lipinski definition) is 3.